The van der Waals surface area contributed by atoms with Crippen molar-refractivity contribution in [3.63, 3.8) is 0 Å². The topological polar surface area (TPSA) is 361 Å². The first-order chi connectivity index (χ1) is 46.1. The molecule has 2 aliphatic heterocycles. The number of hydrogen-bond donors (Lipinski definition) is 5. The van der Waals surface area contributed by atoms with Crippen molar-refractivity contribution in [2.75, 3.05) is 65.4 Å². The number of H-pyrrole nitrogens is 3. The number of benzene rings is 3. The number of rotatable bonds is 17. The van der Waals surface area contributed by atoms with Gasteiger partial charge in [0.15, 0.2) is 34.2 Å². The first kappa shape index (κ1) is 75.4. The zero-order valence-electron chi connectivity index (χ0n) is 54.5. The number of piperazine rings is 2. The molecule has 2 aliphatic rings. The van der Waals surface area contributed by atoms with Crippen molar-refractivity contribution in [1.82, 2.24) is 77.5 Å². The Balaban J connectivity index is 0.000000190. The van der Waals surface area contributed by atoms with Crippen LogP contribution in [0.25, 0.3) is 51.1 Å². The quantitative estimate of drug-likeness (QED) is 0.0388. The summed E-state index contributed by atoms with van der Waals surface area (Å²) in [6.45, 7) is 24.6. The Morgan fingerprint density at radius 1 is 0.505 bits per heavy atom. The summed E-state index contributed by atoms with van der Waals surface area (Å²) in [4.78, 5) is 77.5. The molecule has 97 heavy (non-hydrogen) atoms. The second kappa shape index (κ2) is 33.8. The van der Waals surface area contributed by atoms with Crippen LogP contribution in [0.15, 0.2) is 84.8 Å². The Hall–Kier alpha value is -8.98. The van der Waals surface area contributed by atoms with Crippen LogP contribution in [0.3, 0.4) is 0 Å². The molecule has 2 fully saturated rings. The molecule has 0 atom stereocenters. The molecule has 5 N–H and O–H groups in total. The van der Waals surface area contributed by atoms with Gasteiger partial charge < -0.3 is 29.3 Å². The molecule has 516 valence electrons. The third-order valence-corrected chi connectivity index (χ3v) is 18.3. The smallest absolute Gasteiger partial charge is 0.353 e. The minimum absolute atomic E-state index is 0.0813. The van der Waals surface area contributed by atoms with Gasteiger partial charge in [-0.3, -0.25) is 19.5 Å². The van der Waals surface area contributed by atoms with E-state index in [1.54, 1.807) is 39.0 Å². The van der Waals surface area contributed by atoms with Crippen LogP contribution in [-0.4, -0.2) is 167 Å². The SMILES string of the molecule is C#COc1ccc(S(=O)(=O)Cl)cc1-c1nc2c(CCC)nc(C)n2c(=O)[nH]1.C#COc1ccc(S(=O)(=O)N2CCN(CC)CC2)cc1-c1nc2c(CCC)nc(C)n2c(=O)[nH]1.C#COc1ccccc1-c1nc2c(CCC)nc(C)n2c(=O)[nH]1.CCN1CCNCC1.O=S(=O)(O)Cl. The van der Waals surface area contributed by atoms with Gasteiger partial charge in [0, 0.05) is 73.7 Å². The molecule has 29 nitrogen and oxygen atoms in total. The number of fused-ring (bicyclic) bond motifs is 3. The monoisotopic (exact) mass is 1430 g/mol. The number of hydrogen-bond acceptors (Lipinski definition) is 21. The number of imidazole rings is 3. The van der Waals surface area contributed by atoms with Crippen molar-refractivity contribution >= 4 is 66.7 Å². The molecule has 0 unspecified atom stereocenters. The van der Waals surface area contributed by atoms with E-state index < -0.39 is 39.8 Å². The predicted molar refractivity (Wildman–Crippen MR) is 368 cm³/mol. The molecular formula is C63H74Cl2N16O13S3. The van der Waals surface area contributed by atoms with Gasteiger partial charge >= 0.3 is 26.4 Å². The Labute approximate surface area is 569 Å². The summed E-state index contributed by atoms with van der Waals surface area (Å²) in [7, 11) is -2.47. The third kappa shape index (κ3) is 19.0. The number of halogens is 2. The van der Waals surface area contributed by atoms with Crippen molar-refractivity contribution < 1.29 is 44.0 Å². The van der Waals surface area contributed by atoms with Gasteiger partial charge in [-0.05, 0) is 102 Å². The number of aromatic nitrogens is 12. The second-order valence-electron chi connectivity index (χ2n) is 21.6. The zero-order chi connectivity index (χ0) is 70.9. The molecule has 9 aromatic rings. The first-order valence-electron chi connectivity index (χ1n) is 30.6. The number of para-hydroxylation sites is 1. The molecule has 8 heterocycles. The summed E-state index contributed by atoms with van der Waals surface area (Å²) in [5, 5.41) is 3.31. The normalized spacial score (nSPS) is 13.7. The molecule has 0 radical (unpaired) electrons. The maximum atomic E-state index is 13.4. The van der Waals surface area contributed by atoms with E-state index in [0.717, 1.165) is 37.9 Å². The number of ether oxygens (including phenoxy) is 3. The average molecular weight is 1430 g/mol. The average Bonchev–Trinajstić information content (AvgIpc) is 1.73. The second-order valence-corrected chi connectivity index (χ2v) is 28.1. The van der Waals surface area contributed by atoms with Gasteiger partial charge in [-0.15, -0.1) is 0 Å². The number of aromatic amines is 3. The Bertz CT molecular complexity index is 4970. The Kier molecular flexibility index (Phi) is 26.3. The molecule has 0 spiro atoms. The van der Waals surface area contributed by atoms with E-state index in [1.165, 1.54) is 86.6 Å². The van der Waals surface area contributed by atoms with Crippen LogP contribution in [0.2, 0.25) is 0 Å². The molecule has 3 aromatic carbocycles. The first-order valence-corrected chi connectivity index (χ1v) is 36.6. The van der Waals surface area contributed by atoms with Gasteiger partial charge in [-0.2, -0.15) is 12.7 Å². The van der Waals surface area contributed by atoms with Gasteiger partial charge in [0.05, 0.1) is 43.6 Å². The van der Waals surface area contributed by atoms with E-state index in [9.17, 15) is 31.2 Å². The number of aryl methyl sites for hydroxylation is 6. The Morgan fingerprint density at radius 2 is 0.856 bits per heavy atom. The lowest BCUT2D eigenvalue weighted by molar-refractivity contribution is 0.196. The van der Waals surface area contributed by atoms with Crippen LogP contribution in [0.1, 0.15) is 88.4 Å². The highest BCUT2D eigenvalue weighted by Crippen LogP contribution is 2.34. The molecular weight excluding hydrogens is 1360 g/mol. The summed E-state index contributed by atoms with van der Waals surface area (Å²) in [5.74, 6) is 3.16. The van der Waals surface area contributed by atoms with Crippen molar-refractivity contribution in [3.05, 3.63) is 127 Å². The highest BCUT2D eigenvalue weighted by Gasteiger charge is 2.30. The number of nitrogens with one attached hydrogen (secondary N) is 4. The number of terminal acetylenes is 3. The van der Waals surface area contributed by atoms with Crippen molar-refractivity contribution in [2.45, 2.75) is 104 Å². The molecule has 11 rings (SSSR count). The van der Waals surface area contributed by atoms with Crippen LogP contribution in [0.4, 0.5) is 0 Å². The Morgan fingerprint density at radius 3 is 1.22 bits per heavy atom. The van der Waals surface area contributed by atoms with Gasteiger partial charge in [-0.1, -0.05) is 85.3 Å². The van der Waals surface area contributed by atoms with E-state index in [4.69, 9.17) is 57.1 Å². The lowest BCUT2D eigenvalue weighted by atomic mass is 10.2. The highest BCUT2D eigenvalue weighted by molar-refractivity contribution is 8.13. The van der Waals surface area contributed by atoms with E-state index in [-0.39, 0.29) is 49.8 Å². The summed E-state index contributed by atoms with van der Waals surface area (Å²) < 4.78 is 96.6. The van der Waals surface area contributed by atoms with E-state index in [0.29, 0.717) is 102 Å². The van der Waals surface area contributed by atoms with Crippen LogP contribution in [0, 0.1) is 58.4 Å². The zero-order valence-corrected chi connectivity index (χ0v) is 58.5. The lowest BCUT2D eigenvalue weighted by Gasteiger charge is -2.33. The molecule has 6 aromatic heterocycles. The molecule has 0 amide bonds. The van der Waals surface area contributed by atoms with E-state index in [2.05, 4.69) is 104 Å². The fraction of sp³-hybridized carbons (Fsp3) is 0.381. The molecule has 0 bridgehead atoms. The van der Waals surface area contributed by atoms with Crippen molar-refractivity contribution in [3.8, 4) is 89.0 Å². The fourth-order valence-electron chi connectivity index (χ4n) is 10.6. The van der Waals surface area contributed by atoms with Gasteiger partial charge in [0.25, 0.3) is 9.05 Å². The van der Waals surface area contributed by atoms with Crippen molar-refractivity contribution in [2.24, 2.45) is 0 Å². The number of sulfonamides is 1. The third-order valence-electron chi connectivity index (χ3n) is 15.1. The van der Waals surface area contributed by atoms with Crippen molar-refractivity contribution in [1.29, 1.82) is 0 Å². The van der Waals surface area contributed by atoms with Crippen LogP contribution in [-0.2, 0) is 47.7 Å². The molecule has 0 aliphatic carbocycles. The number of likely N-dealkylation sites (N-methyl/N-ethyl adjacent to an activating group) is 2. The maximum absolute atomic E-state index is 13.4. The maximum Gasteiger partial charge on any atom is 0.353 e. The van der Waals surface area contributed by atoms with Crippen LogP contribution < -0.4 is 36.6 Å². The molecule has 2 saturated heterocycles. The highest BCUT2D eigenvalue weighted by atomic mass is 35.7. The van der Waals surface area contributed by atoms with E-state index >= 15 is 0 Å². The van der Waals surface area contributed by atoms with Gasteiger partial charge in [0.2, 0.25) is 10.0 Å². The summed E-state index contributed by atoms with van der Waals surface area (Å²) in [5.41, 5.74) is 3.49. The van der Waals surface area contributed by atoms with E-state index in [1.807, 2.05) is 26.0 Å². The lowest BCUT2D eigenvalue weighted by Crippen LogP contribution is -2.48. The summed E-state index contributed by atoms with van der Waals surface area (Å²) >= 11 is 0. The minimum atomic E-state index is -4.19. The standard InChI is InChI=1S/C23H28N6O4S.C17H15ClN4O4S.C17H16N4O2.C6H14N2.ClHO3S/c1-5-8-19-22-25-21(26-23(30)29(22)16(4)24-19)18-15-17(9-10-20(18)33-7-3)34(31,32)28-13-11-27(6-2)12-14-28;1-4-6-13-16-20-15(21-17(23)22(16)10(3)19-13)12-9-11(27(18,24)25)7-8-14(12)26-5-2;1-4-8-13-16-19-15(20-17(22)21(16)11(3)18-13)12-9-6-7-10-14(12)23-5-2;1-2-8-5-3-7-4-6-8;1-5(2,3)4/h3,9-10,15H,5-6,8,11-14H2,1-2,4H3,(H,25,26,30);2,7-9H,4,6H2,1,3H3,(H,20,21,23);2,6-7,9-10H,4,8H2,1,3H3,(H,19,20,22);7H,2-6H2,1H3;(H,2,3,4). The summed E-state index contributed by atoms with van der Waals surface area (Å²) in [6, 6.07) is 15.4. The molecule has 34 heteroatoms. The molecule has 0 saturated carbocycles. The fourth-order valence-corrected chi connectivity index (χ4v) is 12.8. The minimum Gasteiger partial charge on any atom is -0.407 e. The predicted octanol–water partition coefficient (Wildman–Crippen LogP) is 6.14. The van der Waals surface area contributed by atoms with Crippen LogP contribution >= 0.6 is 21.4 Å². The number of nitrogens with zero attached hydrogens (tertiary/aromatic N) is 12. The summed E-state index contributed by atoms with van der Waals surface area (Å²) in [6.07, 6.45) is 26.7. The van der Waals surface area contributed by atoms with Crippen LogP contribution in [0.5, 0.6) is 17.2 Å². The largest absolute Gasteiger partial charge is 0.407 e. The van der Waals surface area contributed by atoms with Gasteiger partial charge in [-0.25, -0.2) is 74.3 Å². The van der Waals surface area contributed by atoms with Gasteiger partial charge in [0.1, 0.15) is 53.3 Å².